The van der Waals surface area contributed by atoms with Gasteiger partial charge >= 0.3 is 15.6 Å². The molecular formula is C8H5F3INO3S. The molecule has 0 aliphatic carbocycles. The van der Waals surface area contributed by atoms with Gasteiger partial charge in [-0.25, -0.2) is 0 Å². The number of nitrogens with zero attached hydrogens (tertiary/aromatic N) is 1. The molecule has 0 atom stereocenters. The largest absolute Gasteiger partial charge is 0.522 e. The van der Waals surface area contributed by atoms with Crippen molar-refractivity contribution in [1.82, 2.24) is 0 Å². The predicted octanol–water partition coefficient (Wildman–Crippen LogP) is 2.56. The Morgan fingerprint density at radius 2 is 1.71 bits per heavy atom. The van der Waals surface area contributed by atoms with Gasteiger partial charge in [0.05, 0.1) is 5.56 Å². The van der Waals surface area contributed by atoms with Crippen LogP contribution in [-0.2, 0) is 10.1 Å². The Morgan fingerprint density at radius 3 is 1.94 bits per heavy atom. The number of nitriles is 1. The van der Waals surface area contributed by atoms with E-state index in [1.54, 1.807) is 0 Å². The Hall–Kier alpha value is -0.860. The molecule has 0 aliphatic heterocycles. The van der Waals surface area contributed by atoms with E-state index in [9.17, 15) is 13.2 Å². The summed E-state index contributed by atoms with van der Waals surface area (Å²) in [6, 6.07) is 9.59. The topological polar surface area (TPSA) is 78.2 Å². The average molecular weight is 379 g/mol. The predicted molar refractivity (Wildman–Crippen MR) is 61.5 cm³/mol. The lowest BCUT2D eigenvalue weighted by atomic mass is 10.2. The van der Waals surface area contributed by atoms with Crippen molar-refractivity contribution < 1.29 is 26.1 Å². The van der Waals surface area contributed by atoms with E-state index in [2.05, 4.69) is 28.7 Å². The molecule has 1 rings (SSSR count). The molecule has 0 bridgehead atoms. The molecule has 17 heavy (non-hydrogen) atoms. The lowest BCUT2D eigenvalue weighted by Crippen LogP contribution is -2.21. The Kier molecular flexibility index (Phi) is 5.86. The normalized spacial score (nSPS) is 11.1. The van der Waals surface area contributed by atoms with Gasteiger partial charge < -0.3 is 0 Å². The maximum atomic E-state index is 10.7. The number of hydrogen-bond donors (Lipinski definition) is 1. The zero-order chi connectivity index (χ0) is 13.7. The highest BCUT2D eigenvalue weighted by molar-refractivity contribution is 14.1. The summed E-state index contributed by atoms with van der Waals surface area (Å²) in [5.74, 6) is 0. The van der Waals surface area contributed by atoms with Gasteiger partial charge in [0.25, 0.3) is 0 Å². The van der Waals surface area contributed by atoms with E-state index < -0.39 is 15.6 Å². The maximum Gasteiger partial charge on any atom is 0.522 e. The minimum absolute atomic E-state index is 0.748. The Bertz CT molecular complexity index is 522. The SMILES string of the molecule is N#Cc1ccccc1I.O=S(=O)(O)C(F)(F)F. The first-order chi connectivity index (χ1) is 7.59. The van der Waals surface area contributed by atoms with Gasteiger partial charge in [0.15, 0.2) is 0 Å². The van der Waals surface area contributed by atoms with Crippen molar-refractivity contribution in [1.29, 1.82) is 5.26 Å². The van der Waals surface area contributed by atoms with Crippen LogP contribution in [0.25, 0.3) is 0 Å². The molecule has 0 heterocycles. The molecule has 0 saturated heterocycles. The van der Waals surface area contributed by atoms with Crippen molar-refractivity contribution in [3.8, 4) is 6.07 Å². The van der Waals surface area contributed by atoms with Crippen LogP contribution in [0.1, 0.15) is 5.56 Å². The van der Waals surface area contributed by atoms with Crippen LogP contribution in [-0.4, -0.2) is 18.5 Å². The fourth-order valence-corrected chi connectivity index (χ4v) is 1.06. The summed E-state index contributed by atoms with van der Waals surface area (Å²) in [7, 11) is -5.84. The zero-order valence-electron chi connectivity index (χ0n) is 7.94. The van der Waals surface area contributed by atoms with Gasteiger partial charge in [-0.15, -0.1) is 0 Å². The fourth-order valence-electron chi connectivity index (χ4n) is 0.552. The van der Waals surface area contributed by atoms with Crippen LogP contribution in [0.3, 0.4) is 0 Å². The van der Waals surface area contributed by atoms with E-state index in [1.165, 1.54) is 0 Å². The molecule has 4 nitrogen and oxygen atoms in total. The minimum Gasteiger partial charge on any atom is -0.279 e. The van der Waals surface area contributed by atoms with E-state index in [1.807, 2.05) is 24.3 Å². The third kappa shape index (κ3) is 5.85. The summed E-state index contributed by atoms with van der Waals surface area (Å²) >= 11 is 2.14. The summed E-state index contributed by atoms with van der Waals surface area (Å²) < 4.78 is 58.6. The second-order valence-electron chi connectivity index (χ2n) is 2.51. The molecule has 94 valence electrons. The van der Waals surface area contributed by atoms with E-state index in [0.29, 0.717) is 0 Å². The van der Waals surface area contributed by atoms with E-state index in [4.69, 9.17) is 18.2 Å². The van der Waals surface area contributed by atoms with Gasteiger partial charge in [0.1, 0.15) is 6.07 Å². The van der Waals surface area contributed by atoms with Crippen molar-refractivity contribution in [2.45, 2.75) is 5.51 Å². The monoisotopic (exact) mass is 379 g/mol. The van der Waals surface area contributed by atoms with Crippen LogP contribution in [0.15, 0.2) is 24.3 Å². The van der Waals surface area contributed by atoms with Crippen LogP contribution in [0.4, 0.5) is 13.2 Å². The van der Waals surface area contributed by atoms with Crippen molar-refractivity contribution in [3.05, 3.63) is 33.4 Å². The molecule has 1 aromatic carbocycles. The highest BCUT2D eigenvalue weighted by Crippen LogP contribution is 2.20. The standard InChI is InChI=1S/C7H4IN.CHF3O3S/c8-7-4-2-1-3-6(7)5-9;2-1(3,4)8(5,6)7/h1-4H;(H,5,6,7). The Morgan fingerprint density at radius 1 is 1.29 bits per heavy atom. The van der Waals surface area contributed by atoms with Crippen molar-refractivity contribution in [2.24, 2.45) is 0 Å². The lowest BCUT2D eigenvalue weighted by Gasteiger charge is -1.97. The van der Waals surface area contributed by atoms with Crippen molar-refractivity contribution >= 4 is 32.7 Å². The molecule has 1 N–H and O–H groups in total. The third-order valence-electron chi connectivity index (χ3n) is 1.29. The summed E-state index contributed by atoms with van der Waals surface area (Å²) in [5, 5.41) is 8.46. The van der Waals surface area contributed by atoms with E-state index in [0.717, 1.165) is 9.13 Å². The van der Waals surface area contributed by atoms with E-state index in [-0.39, 0.29) is 0 Å². The summed E-state index contributed by atoms with van der Waals surface area (Å²) in [5.41, 5.74) is -4.79. The number of halogens is 4. The molecule has 0 saturated carbocycles. The second-order valence-corrected chi connectivity index (χ2v) is 5.09. The highest BCUT2D eigenvalue weighted by atomic mass is 127. The van der Waals surface area contributed by atoms with Crippen LogP contribution in [0.2, 0.25) is 0 Å². The average Bonchev–Trinajstić information content (AvgIpc) is 2.16. The van der Waals surface area contributed by atoms with Gasteiger partial charge in [0.2, 0.25) is 0 Å². The molecule has 0 spiro atoms. The molecule has 0 aromatic heterocycles. The Balaban J connectivity index is 0.000000304. The molecule has 0 aliphatic rings. The van der Waals surface area contributed by atoms with Gasteiger partial charge in [-0.1, -0.05) is 12.1 Å². The lowest BCUT2D eigenvalue weighted by molar-refractivity contribution is -0.0510. The van der Waals surface area contributed by atoms with Crippen LogP contribution in [0, 0.1) is 14.9 Å². The molecular weight excluding hydrogens is 374 g/mol. The van der Waals surface area contributed by atoms with Gasteiger partial charge in [0, 0.05) is 3.57 Å². The first kappa shape index (κ1) is 16.1. The minimum atomic E-state index is -5.84. The molecule has 0 unspecified atom stereocenters. The summed E-state index contributed by atoms with van der Waals surface area (Å²) in [6.07, 6.45) is 0. The Labute approximate surface area is 109 Å². The van der Waals surface area contributed by atoms with Gasteiger partial charge in [-0.3, -0.25) is 4.55 Å². The first-order valence-corrected chi connectivity index (χ1v) is 6.30. The van der Waals surface area contributed by atoms with Crippen molar-refractivity contribution in [3.63, 3.8) is 0 Å². The summed E-state index contributed by atoms with van der Waals surface area (Å²) in [4.78, 5) is 0. The van der Waals surface area contributed by atoms with Gasteiger partial charge in [-0.2, -0.15) is 26.9 Å². The number of benzene rings is 1. The van der Waals surface area contributed by atoms with Crippen LogP contribution >= 0.6 is 22.6 Å². The molecule has 0 fully saturated rings. The molecule has 1 aromatic rings. The fraction of sp³-hybridized carbons (Fsp3) is 0.125. The third-order valence-corrected chi connectivity index (χ3v) is 2.81. The highest BCUT2D eigenvalue weighted by Gasteiger charge is 2.44. The second kappa shape index (κ2) is 6.18. The molecule has 0 amide bonds. The van der Waals surface area contributed by atoms with E-state index >= 15 is 0 Å². The molecule has 0 radical (unpaired) electrons. The number of rotatable bonds is 0. The zero-order valence-corrected chi connectivity index (χ0v) is 10.9. The van der Waals surface area contributed by atoms with Crippen LogP contribution in [0.5, 0.6) is 0 Å². The molecule has 9 heteroatoms. The first-order valence-electron chi connectivity index (χ1n) is 3.78. The van der Waals surface area contributed by atoms with Gasteiger partial charge in [-0.05, 0) is 34.7 Å². The number of alkyl halides is 3. The smallest absolute Gasteiger partial charge is 0.279 e. The van der Waals surface area contributed by atoms with Crippen LogP contribution < -0.4 is 0 Å². The quantitative estimate of drug-likeness (QED) is 0.427. The number of hydrogen-bond acceptors (Lipinski definition) is 3. The maximum absolute atomic E-state index is 10.7. The van der Waals surface area contributed by atoms with Crippen molar-refractivity contribution in [2.75, 3.05) is 0 Å². The summed E-state index contributed by atoms with van der Waals surface area (Å²) in [6.45, 7) is 0.